The van der Waals surface area contributed by atoms with Crippen molar-refractivity contribution in [3.8, 4) is 5.75 Å². The fourth-order valence-electron chi connectivity index (χ4n) is 3.18. The van der Waals surface area contributed by atoms with E-state index in [0.717, 1.165) is 56.3 Å². The van der Waals surface area contributed by atoms with Gasteiger partial charge in [0.25, 0.3) is 0 Å². The number of rotatable bonds is 9. The van der Waals surface area contributed by atoms with Crippen LogP contribution in [0.2, 0.25) is 0 Å². The Morgan fingerprint density at radius 3 is 2.79 bits per heavy atom. The van der Waals surface area contributed by atoms with Crippen molar-refractivity contribution in [2.24, 2.45) is 4.99 Å². The summed E-state index contributed by atoms with van der Waals surface area (Å²) in [6.45, 7) is 5.46. The zero-order valence-electron chi connectivity index (χ0n) is 17.1. The van der Waals surface area contributed by atoms with Crippen molar-refractivity contribution >= 4 is 41.6 Å². The molecule has 0 aliphatic carbocycles. The summed E-state index contributed by atoms with van der Waals surface area (Å²) in [6.07, 6.45) is 3.15. The minimum Gasteiger partial charge on any atom is -0.495 e. The standard InChI is InChI=1S/C20H32N4O3.HI/c1-4-21-20(22-13-8-7-11-19(25)27-3)23-16-12-14-24(15-16)17-9-5-6-10-18(17)26-2;/h5-6,9-10,16H,4,7-8,11-15H2,1-3H3,(H2,21,22,23);1H. The maximum atomic E-state index is 11.1. The first-order valence-corrected chi connectivity index (χ1v) is 9.67. The van der Waals surface area contributed by atoms with E-state index in [1.165, 1.54) is 7.11 Å². The third-order valence-electron chi connectivity index (χ3n) is 4.59. The SMILES string of the molecule is CCNC(=NCCCCC(=O)OC)NC1CCN(c2ccccc2OC)C1.I. The molecule has 1 heterocycles. The van der Waals surface area contributed by atoms with Gasteiger partial charge >= 0.3 is 5.97 Å². The number of aliphatic imine (C=N–C) groups is 1. The monoisotopic (exact) mass is 504 g/mol. The van der Waals surface area contributed by atoms with Crippen molar-refractivity contribution in [2.45, 2.75) is 38.6 Å². The first-order chi connectivity index (χ1) is 13.2. The van der Waals surface area contributed by atoms with Gasteiger partial charge in [-0.2, -0.15) is 0 Å². The molecule has 2 rings (SSSR count). The fourth-order valence-corrected chi connectivity index (χ4v) is 3.18. The molecule has 1 aromatic rings. The zero-order chi connectivity index (χ0) is 19.5. The number of nitrogens with zero attached hydrogens (tertiary/aromatic N) is 2. The molecule has 8 heteroatoms. The van der Waals surface area contributed by atoms with E-state index in [1.807, 2.05) is 18.2 Å². The van der Waals surface area contributed by atoms with Crippen LogP contribution < -0.4 is 20.3 Å². The lowest BCUT2D eigenvalue weighted by molar-refractivity contribution is -0.140. The van der Waals surface area contributed by atoms with E-state index in [-0.39, 0.29) is 29.9 Å². The molecule has 158 valence electrons. The van der Waals surface area contributed by atoms with Gasteiger partial charge in [0.2, 0.25) is 0 Å². The maximum Gasteiger partial charge on any atom is 0.305 e. The minimum atomic E-state index is -0.161. The Morgan fingerprint density at radius 1 is 1.29 bits per heavy atom. The third-order valence-corrected chi connectivity index (χ3v) is 4.59. The molecule has 2 N–H and O–H groups in total. The van der Waals surface area contributed by atoms with Crippen LogP contribution in [-0.2, 0) is 9.53 Å². The Balaban J connectivity index is 0.00000392. The highest BCUT2D eigenvalue weighted by Crippen LogP contribution is 2.30. The van der Waals surface area contributed by atoms with Gasteiger partial charge in [-0.1, -0.05) is 12.1 Å². The first-order valence-electron chi connectivity index (χ1n) is 9.67. The van der Waals surface area contributed by atoms with Crippen molar-refractivity contribution in [2.75, 3.05) is 45.3 Å². The molecule has 0 amide bonds. The van der Waals surface area contributed by atoms with Gasteiger partial charge in [0, 0.05) is 38.6 Å². The van der Waals surface area contributed by atoms with Crippen LogP contribution >= 0.6 is 24.0 Å². The van der Waals surface area contributed by atoms with Crippen molar-refractivity contribution in [3.05, 3.63) is 24.3 Å². The lowest BCUT2D eigenvalue weighted by Gasteiger charge is -2.22. The maximum absolute atomic E-state index is 11.1. The molecule has 1 aliphatic rings. The molecular weight excluding hydrogens is 471 g/mol. The van der Waals surface area contributed by atoms with Gasteiger partial charge < -0.3 is 25.0 Å². The first kappa shape index (κ1) is 24.3. The summed E-state index contributed by atoms with van der Waals surface area (Å²) < 4.78 is 10.1. The predicted molar refractivity (Wildman–Crippen MR) is 124 cm³/mol. The van der Waals surface area contributed by atoms with E-state index < -0.39 is 0 Å². The number of anilines is 1. The number of ether oxygens (including phenoxy) is 2. The predicted octanol–water partition coefficient (Wildman–Crippen LogP) is 2.79. The van der Waals surface area contributed by atoms with E-state index in [9.17, 15) is 4.79 Å². The van der Waals surface area contributed by atoms with Gasteiger partial charge in [-0.25, -0.2) is 0 Å². The molecule has 7 nitrogen and oxygen atoms in total. The number of hydrogen-bond donors (Lipinski definition) is 2. The quantitative estimate of drug-likeness (QED) is 0.177. The molecule has 0 spiro atoms. The number of halogens is 1. The lowest BCUT2D eigenvalue weighted by atomic mass is 10.2. The van der Waals surface area contributed by atoms with Crippen LogP contribution in [0.5, 0.6) is 5.75 Å². The molecular formula is C20H33IN4O3. The molecule has 28 heavy (non-hydrogen) atoms. The van der Waals surface area contributed by atoms with E-state index >= 15 is 0 Å². The molecule has 1 aliphatic heterocycles. The highest BCUT2D eigenvalue weighted by atomic mass is 127. The number of benzene rings is 1. The van der Waals surface area contributed by atoms with Crippen LogP contribution in [-0.4, -0.2) is 58.4 Å². The van der Waals surface area contributed by atoms with Crippen LogP contribution in [0, 0.1) is 0 Å². The summed E-state index contributed by atoms with van der Waals surface area (Å²) in [7, 11) is 3.13. The minimum absolute atomic E-state index is 0. The molecule has 1 aromatic carbocycles. The van der Waals surface area contributed by atoms with Gasteiger partial charge in [0.05, 0.1) is 19.9 Å². The molecule has 1 atom stereocenters. The van der Waals surface area contributed by atoms with Crippen LogP contribution in [0.4, 0.5) is 5.69 Å². The second kappa shape index (κ2) is 13.5. The van der Waals surface area contributed by atoms with Crippen LogP contribution in [0.25, 0.3) is 0 Å². The van der Waals surface area contributed by atoms with Gasteiger partial charge in [-0.3, -0.25) is 9.79 Å². The summed E-state index contributed by atoms with van der Waals surface area (Å²) >= 11 is 0. The van der Waals surface area contributed by atoms with Crippen molar-refractivity contribution in [3.63, 3.8) is 0 Å². The lowest BCUT2D eigenvalue weighted by Crippen LogP contribution is -2.44. The number of carbonyl (C=O) groups excluding carboxylic acids is 1. The van der Waals surface area contributed by atoms with Crippen LogP contribution in [0.15, 0.2) is 29.3 Å². The summed E-state index contributed by atoms with van der Waals surface area (Å²) in [6, 6.07) is 8.46. The second-order valence-electron chi connectivity index (χ2n) is 6.54. The van der Waals surface area contributed by atoms with E-state index in [2.05, 4.69) is 38.3 Å². The number of carbonyl (C=O) groups is 1. The Hall–Kier alpha value is -1.71. The third kappa shape index (κ3) is 7.73. The number of nitrogens with one attached hydrogen (secondary N) is 2. The molecule has 0 radical (unpaired) electrons. The summed E-state index contributed by atoms with van der Waals surface area (Å²) in [5.41, 5.74) is 1.13. The van der Waals surface area contributed by atoms with Gasteiger partial charge in [0.1, 0.15) is 5.75 Å². The Labute approximate surface area is 185 Å². The van der Waals surface area contributed by atoms with E-state index in [1.54, 1.807) is 7.11 Å². The smallest absolute Gasteiger partial charge is 0.305 e. The average Bonchev–Trinajstić information content (AvgIpc) is 3.15. The number of para-hydroxylation sites is 2. The van der Waals surface area contributed by atoms with Gasteiger partial charge in [-0.15, -0.1) is 24.0 Å². The number of hydrogen-bond acceptors (Lipinski definition) is 5. The average molecular weight is 504 g/mol. The van der Waals surface area contributed by atoms with Crippen molar-refractivity contribution in [1.82, 2.24) is 10.6 Å². The molecule has 0 saturated carbocycles. The number of unbranched alkanes of at least 4 members (excludes halogenated alkanes) is 1. The summed E-state index contributed by atoms with van der Waals surface area (Å²) in [5, 5.41) is 6.83. The molecule has 0 bridgehead atoms. The Bertz CT molecular complexity index is 627. The van der Waals surface area contributed by atoms with E-state index in [0.29, 0.717) is 19.0 Å². The number of esters is 1. The molecule has 0 aromatic heterocycles. The normalized spacial score (nSPS) is 16.3. The van der Waals surface area contributed by atoms with Crippen molar-refractivity contribution < 1.29 is 14.3 Å². The Morgan fingerprint density at radius 2 is 2.07 bits per heavy atom. The van der Waals surface area contributed by atoms with Crippen LogP contribution in [0.3, 0.4) is 0 Å². The van der Waals surface area contributed by atoms with Crippen LogP contribution in [0.1, 0.15) is 32.6 Å². The van der Waals surface area contributed by atoms with E-state index in [4.69, 9.17) is 4.74 Å². The van der Waals surface area contributed by atoms with Crippen molar-refractivity contribution in [1.29, 1.82) is 0 Å². The largest absolute Gasteiger partial charge is 0.495 e. The molecule has 1 fully saturated rings. The fraction of sp³-hybridized carbons (Fsp3) is 0.600. The Kier molecular flexibility index (Phi) is 11.7. The number of methoxy groups -OCH3 is 2. The molecule has 1 unspecified atom stereocenters. The molecule has 1 saturated heterocycles. The van der Waals surface area contributed by atoms with Gasteiger partial charge in [-0.05, 0) is 38.3 Å². The van der Waals surface area contributed by atoms with Gasteiger partial charge in [0.15, 0.2) is 5.96 Å². The summed E-state index contributed by atoms with van der Waals surface area (Å²) in [4.78, 5) is 18.1. The zero-order valence-corrected chi connectivity index (χ0v) is 19.4. The second-order valence-corrected chi connectivity index (χ2v) is 6.54. The highest BCUT2D eigenvalue weighted by molar-refractivity contribution is 14.0. The number of guanidine groups is 1. The topological polar surface area (TPSA) is 75.2 Å². The summed E-state index contributed by atoms with van der Waals surface area (Å²) in [5.74, 6) is 1.58. The highest BCUT2D eigenvalue weighted by Gasteiger charge is 2.25.